The average molecular weight is 238 g/mol. The molecule has 94 valence electrons. The lowest BCUT2D eigenvalue weighted by Crippen LogP contribution is -2.32. The second kappa shape index (κ2) is 5.19. The zero-order valence-electron chi connectivity index (χ0n) is 10.6. The van der Waals surface area contributed by atoms with Gasteiger partial charge in [-0.2, -0.15) is 0 Å². The van der Waals surface area contributed by atoms with Gasteiger partial charge in [0.15, 0.2) is 0 Å². The Morgan fingerprint density at radius 3 is 2.41 bits per heavy atom. The molecule has 0 heterocycles. The number of hydrogen-bond acceptors (Lipinski definition) is 4. The molecular formula is C13H18O4. The monoisotopic (exact) mass is 238 g/mol. The maximum absolute atomic E-state index is 11.6. The van der Waals surface area contributed by atoms with E-state index < -0.39 is 17.5 Å². The van der Waals surface area contributed by atoms with Crippen LogP contribution in [0.3, 0.4) is 0 Å². The summed E-state index contributed by atoms with van der Waals surface area (Å²) in [5.74, 6) is 0.0906. The van der Waals surface area contributed by atoms with E-state index >= 15 is 0 Å². The first-order valence-corrected chi connectivity index (χ1v) is 5.34. The van der Waals surface area contributed by atoms with Gasteiger partial charge in [-0.1, -0.05) is 18.2 Å². The lowest BCUT2D eigenvalue weighted by atomic mass is 9.82. The van der Waals surface area contributed by atoms with Crippen LogP contribution in [-0.2, 0) is 9.53 Å². The van der Waals surface area contributed by atoms with Gasteiger partial charge in [0.1, 0.15) is 5.75 Å². The van der Waals surface area contributed by atoms with E-state index in [1.165, 1.54) is 14.2 Å². The van der Waals surface area contributed by atoms with E-state index in [0.29, 0.717) is 11.3 Å². The molecule has 0 amide bonds. The number of aliphatic hydroxyl groups is 1. The van der Waals surface area contributed by atoms with Crippen LogP contribution in [0.25, 0.3) is 0 Å². The summed E-state index contributed by atoms with van der Waals surface area (Å²) >= 11 is 0. The molecule has 1 rings (SSSR count). The van der Waals surface area contributed by atoms with Crippen LogP contribution >= 0.6 is 0 Å². The predicted octanol–water partition coefficient (Wildman–Crippen LogP) is 1.93. The number of methoxy groups -OCH3 is 2. The number of benzene rings is 1. The lowest BCUT2D eigenvalue weighted by molar-refractivity contribution is -0.157. The Hall–Kier alpha value is -1.55. The van der Waals surface area contributed by atoms with Gasteiger partial charge in [0, 0.05) is 5.56 Å². The van der Waals surface area contributed by atoms with Crippen LogP contribution in [0.5, 0.6) is 5.75 Å². The molecule has 0 aromatic heterocycles. The molecule has 1 aromatic carbocycles. The summed E-state index contributed by atoms with van der Waals surface area (Å²) < 4.78 is 9.85. The molecule has 0 saturated carbocycles. The van der Waals surface area contributed by atoms with E-state index in [-0.39, 0.29) is 0 Å². The minimum Gasteiger partial charge on any atom is -0.496 e. The summed E-state index contributed by atoms with van der Waals surface area (Å²) in [6, 6.07) is 7.06. The molecule has 0 aliphatic rings. The van der Waals surface area contributed by atoms with E-state index in [2.05, 4.69) is 0 Å². The largest absolute Gasteiger partial charge is 0.496 e. The molecule has 0 radical (unpaired) electrons. The Bertz CT molecular complexity index is 398. The van der Waals surface area contributed by atoms with Gasteiger partial charge >= 0.3 is 5.97 Å². The van der Waals surface area contributed by atoms with Gasteiger partial charge in [-0.15, -0.1) is 0 Å². The van der Waals surface area contributed by atoms with Crippen LogP contribution in [0, 0.1) is 5.41 Å². The molecule has 4 heteroatoms. The molecule has 0 fully saturated rings. The molecule has 1 unspecified atom stereocenters. The number of hydrogen-bond donors (Lipinski definition) is 1. The van der Waals surface area contributed by atoms with Crippen LogP contribution in [0.15, 0.2) is 24.3 Å². The second-order valence-corrected chi connectivity index (χ2v) is 4.36. The highest BCUT2D eigenvalue weighted by molar-refractivity contribution is 5.77. The average Bonchev–Trinajstić information content (AvgIpc) is 2.36. The van der Waals surface area contributed by atoms with Crippen LogP contribution in [0.2, 0.25) is 0 Å². The molecule has 1 aromatic rings. The number of carbonyl (C=O) groups is 1. The van der Waals surface area contributed by atoms with Gasteiger partial charge in [0.25, 0.3) is 0 Å². The molecule has 17 heavy (non-hydrogen) atoms. The SMILES string of the molecule is COC(=O)C(C)(C)C(O)c1ccccc1OC. The number of aliphatic hydroxyl groups excluding tert-OH is 1. The molecule has 0 spiro atoms. The predicted molar refractivity (Wildman–Crippen MR) is 63.8 cm³/mol. The van der Waals surface area contributed by atoms with Crippen LogP contribution in [-0.4, -0.2) is 25.3 Å². The first-order valence-electron chi connectivity index (χ1n) is 5.34. The van der Waals surface area contributed by atoms with E-state index in [4.69, 9.17) is 9.47 Å². The van der Waals surface area contributed by atoms with Gasteiger partial charge in [-0.3, -0.25) is 4.79 Å². The fourth-order valence-electron chi connectivity index (χ4n) is 1.66. The Kier molecular flexibility index (Phi) is 4.12. The Balaban J connectivity index is 3.11. The minimum atomic E-state index is -1.02. The smallest absolute Gasteiger partial charge is 0.314 e. The van der Waals surface area contributed by atoms with E-state index in [9.17, 15) is 9.90 Å². The summed E-state index contributed by atoms with van der Waals surface area (Å²) in [6.45, 7) is 3.27. The zero-order valence-corrected chi connectivity index (χ0v) is 10.6. The van der Waals surface area contributed by atoms with Crippen molar-refractivity contribution in [3.8, 4) is 5.75 Å². The van der Waals surface area contributed by atoms with Crippen molar-refractivity contribution in [1.29, 1.82) is 0 Å². The molecule has 0 saturated heterocycles. The molecule has 1 N–H and O–H groups in total. The summed E-state index contributed by atoms with van der Waals surface area (Å²) in [5, 5.41) is 10.3. The van der Waals surface area contributed by atoms with Gasteiger partial charge in [0.2, 0.25) is 0 Å². The number of rotatable bonds is 4. The van der Waals surface area contributed by atoms with Gasteiger partial charge in [-0.05, 0) is 19.9 Å². The van der Waals surface area contributed by atoms with Crippen molar-refractivity contribution in [3.05, 3.63) is 29.8 Å². The maximum atomic E-state index is 11.6. The van der Waals surface area contributed by atoms with Crippen molar-refractivity contribution in [2.24, 2.45) is 5.41 Å². The van der Waals surface area contributed by atoms with Gasteiger partial charge in [-0.25, -0.2) is 0 Å². The van der Waals surface area contributed by atoms with Crippen molar-refractivity contribution < 1.29 is 19.4 Å². The molecule has 0 bridgehead atoms. The summed E-state index contributed by atoms with van der Waals surface area (Å²) in [5.41, 5.74) is -0.450. The summed E-state index contributed by atoms with van der Waals surface area (Å²) in [4.78, 5) is 11.6. The Labute approximate surface area is 101 Å². The van der Waals surface area contributed by atoms with E-state index in [1.807, 2.05) is 0 Å². The number of para-hydroxylation sites is 1. The number of ether oxygens (including phenoxy) is 2. The third-order valence-electron chi connectivity index (χ3n) is 2.83. The standard InChI is InChI=1S/C13H18O4/c1-13(2,12(15)17-4)11(14)9-7-5-6-8-10(9)16-3/h5-8,11,14H,1-4H3. The maximum Gasteiger partial charge on any atom is 0.314 e. The van der Waals surface area contributed by atoms with Crippen molar-refractivity contribution in [1.82, 2.24) is 0 Å². The second-order valence-electron chi connectivity index (χ2n) is 4.36. The molecule has 0 aliphatic heterocycles. The van der Waals surface area contributed by atoms with Crippen LogP contribution < -0.4 is 4.74 Å². The third-order valence-corrected chi connectivity index (χ3v) is 2.83. The van der Waals surface area contributed by atoms with Crippen LogP contribution in [0.1, 0.15) is 25.5 Å². The molecular weight excluding hydrogens is 220 g/mol. The van der Waals surface area contributed by atoms with Gasteiger partial charge in [0.05, 0.1) is 25.7 Å². The molecule has 1 atom stereocenters. The summed E-state index contributed by atoms with van der Waals surface area (Å²) in [6.07, 6.45) is -0.980. The van der Waals surface area contributed by atoms with Crippen LogP contribution in [0.4, 0.5) is 0 Å². The molecule has 4 nitrogen and oxygen atoms in total. The normalized spacial score (nSPS) is 13.0. The zero-order chi connectivity index (χ0) is 13.1. The van der Waals surface area contributed by atoms with Crippen molar-refractivity contribution in [2.45, 2.75) is 20.0 Å². The first-order chi connectivity index (χ1) is 7.95. The van der Waals surface area contributed by atoms with Crippen molar-refractivity contribution in [3.63, 3.8) is 0 Å². The first kappa shape index (κ1) is 13.5. The van der Waals surface area contributed by atoms with Crippen molar-refractivity contribution in [2.75, 3.05) is 14.2 Å². The molecule has 0 aliphatic carbocycles. The quantitative estimate of drug-likeness (QED) is 0.814. The van der Waals surface area contributed by atoms with E-state index in [0.717, 1.165) is 0 Å². The lowest BCUT2D eigenvalue weighted by Gasteiger charge is -2.28. The number of carbonyl (C=O) groups excluding carboxylic acids is 1. The highest BCUT2D eigenvalue weighted by Crippen LogP contribution is 2.38. The summed E-state index contributed by atoms with van der Waals surface area (Å²) in [7, 11) is 2.83. The number of esters is 1. The van der Waals surface area contributed by atoms with Gasteiger partial charge < -0.3 is 14.6 Å². The highest BCUT2D eigenvalue weighted by atomic mass is 16.5. The highest BCUT2D eigenvalue weighted by Gasteiger charge is 2.39. The third kappa shape index (κ3) is 2.58. The Morgan fingerprint density at radius 2 is 1.88 bits per heavy atom. The topological polar surface area (TPSA) is 55.8 Å². The minimum absolute atomic E-state index is 0.462. The van der Waals surface area contributed by atoms with Crippen molar-refractivity contribution >= 4 is 5.97 Å². The van der Waals surface area contributed by atoms with E-state index in [1.54, 1.807) is 38.1 Å². The fourth-order valence-corrected chi connectivity index (χ4v) is 1.66. The fraction of sp³-hybridized carbons (Fsp3) is 0.462. The Morgan fingerprint density at radius 1 is 1.29 bits per heavy atom.